The molecule has 1 unspecified atom stereocenters. The number of hydrogen-bond donors (Lipinski definition) is 2. The molecule has 1 aliphatic carbocycles. The average Bonchev–Trinajstić information content (AvgIpc) is 2.94. The summed E-state index contributed by atoms with van der Waals surface area (Å²) in [5, 5.41) is 19.1. The zero-order valence-corrected chi connectivity index (χ0v) is 15.4. The van der Waals surface area contributed by atoms with Crippen LogP contribution in [0.3, 0.4) is 0 Å². The van der Waals surface area contributed by atoms with Gasteiger partial charge in [0, 0.05) is 24.1 Å². The van der Waals surface area contributed by atoms with Crippen LogP contribution >= 0.6 is 0 Å². The van der Waals surface area contributed by atoms with Gasteiger partial charge in [0.1, 0.15) is 11.6 Å². The molecule has 7 nitrogen and oxygen atoms in total. The van der Waals surface area contributed by atoms with Crippen molar-refractivity contribution < 1.29 is 15.0 Å². The fourth-order valence-corrected chi connectivity index (χ4v) is 4.96. The highest BCUT2D eigenvalue weighted by Crippen LogP contribution is 2.47. The summed E-state index contributed by atoms with van der Waals surface area (Å²) in [6, 6.07) is 0. The molecule has 0 amide bonds. The lowest BCUT2D eigenvalue weighted by Crippen LogP contribution is -2.44. The Morgan fingerprint density at radius 2 is 2.00 bits per heavy atom. The predicted octanol–water partition coefficient (Wildman–Crippen LogP) is 1.11. The van der Waals surface area contributed by atoms with Gasteiger partial charge >= 0.3 is 5.97 Å². The molecule has 0 bridgehead atoms. The number of hydrogen-bond acceptors (Lipinski definition) is 6. The third kappa shape index (κ3) is 3.18. The number of anilines is 1. The number of piperidine rings is 2. The van der Waals surface area contributed by atoms with E-state index in [0.29, 0.717) is 6.54 Å². The first kappa shape index (κ1) is 17.7. The van der Waals surface area contributed by atoms with Gasteiger partial charge in [-0.2, -0.15) is 0 Å². The minimum atomic E-state index is -0.753. The van der Waals surface area contributed by atoms with Gasteiger partial charge in [-0.1, -0.05) is 0 Å². The zero-order valence-electron chi connectivity index (χ0n) is 15.4. The normalized spacial score (nSPS) is 25.5. The topological polar surface area (TPSA) is 89.8 Å². The van der Waals surface area contributed by atoms with Gasteiger partial charge in [0.2, 0.25) is 0 Å². The molecule has 0 radical (unpaired) electrons. The molecule has 142 valence electrons. The van der Waals surface area contributed by atoms with Crippen molar-refractivity contribution in [1.82, 2.24) is 14.9 Å². The van der Waals surface area contributed by atoms with Crippen LogP contribution in [-0.4, -0.2) is 69.9 Å². The van der Waals surface area contributed by atoms with E-state index in [9.17, 15) is 9.90 Å². The van der Waals surface area contributed by atoms with Crippen LogP contribution in [0.25, 0.3) is 0 Å². The van der Waals surface area contributed by atoms with Crippen molar-refractivity contribution in [3.63, 3.8) is 0 Å². The molecule has 4 rings (SSSR count). The maximum atomic E-state index is 11.0. The van der Waals surface area contributed by atoms with Crippen molar-refractivity contribution in [2.75, 3.05) is 37.6 Å². The van der Waals surface area contributed by atoms with E-state index >= 15 is 0 Å². The van der Waals surface area contributed by atoms with E-state index < -0.39 is 5.97 Å². The number of likely N-dealkylation sites (tertiary alicyclic amines) is 1. The first-order chi connectivity index (χ1) is 12.5. The lowest BCUT2D eigenvalue weighted by atomic mass is 9.76. The number of fused-ring (bicyclic) bond motifs is 2. The monoisotopic (exact) mass is 360 g/mol. The van der Waals surface area contributed by atoms with E-state index in [1.165, 1.54) is 11.3 Å². The fourth-order valence-electron chi connectivity index (χ4n) is 4.96. The van der Waals surface area contributed by atoms with Crippen molar-refractivity contribution in [3.05, 3.63) is 17.1 Å². The van der Waals surface area contributed by atoms with E-state index in [1.807, 2.05) is 11.8 Å². The van der Waals surface area contributed by atoms with Crippen LogP contribution in [0.2, 0.25) is 0 Å². The molecular weight excluding hydrogens is 332 g/mol. The summed E-state index contributed by atoms with van der Waals surface area (Å²) in [5.41, 5.74) is 2.52. The molecular formula is C19H28N4O3. The van der Waals surface area contributed by atoms with Gasteiger partial charge in [0.05, 0.1) is 18.3 Å². The van der Waals surface area contributed by atoms with E-state index in [2.05, 4.69) is 4.90 Å². The second-order valence-corrected chi connectivity index (χ2v) is 8.11. The molecule has 1 aromatic heterocycles. The van der Waals surface area contributed by atoms with Crippen molar-refractivity contribution in [1.29, 1.82) is 0 Å². The number of aliphatic carboxylic acids is 1. The molecule has 1 spiro atoms. The second kappa shape index (κ2) is 6.78. The van der Waals surface area contributed by atoms with Crippen molar-refractivity contribution in [2.24, 2.45) is 0 Å². The molecule has 2 aliphatic heterocycles. The molecule has 7 heteroatoms. The SMILES string of the molecule is Cc1nc(N2CCCC(O)C2)c2c(n1)C1(CC2)CCN(CC(=O)O)CC1. The molecule has 0 saturated carbocycles. The van der Waals surface area contributed by atoms with Crippen LogP contribution in [0.4, 0.5) is 5.82 Å². The number of aromatic nitrogens is 2. The fraction of sp³-hybridized carbons (Fsp3) is 0.737. The van der Waals surface area contributed by atoms with Crippen molar-refractivity contribution in [3.8, 4) is 0 Å². The van der Waals surface area contributed by atoms with E-state index in [-0.39, 0.29) is 18.1 Å². The number of nitrogens with zero attached hydrogens (tertiary/aromatic N) is 4. The third-order valence-electron chi connectivity index (χ3n) is 6.32. The van der Waals surface area contributed by atoms with Crippen LogP contribution in [-0.2, 0) is 16.6 Å². The molecule has 2 saturated heterocycles. The van der Waals surface area contributed by atoms with E-state index in [1.54, 1.807) is 0 Å². The number of carboxylic acids is 1. The Balaban J connectivity index is 1.60. The number of aliphatic hydroxyl groups excluding tert-OH is 1. The molecule has 2 fully saturated rings. The maximum Gasteiger partial charge on any atom is 0.317 e. The first-order valence-corrected chi connectivity index (χ1v) is 9.72. The highest BCUT2D eigenvalue weighted by Gasteiger charge is 2.44. The Morgan fingerprint density at radius 3 is 2.69 bits per heavy atom. The van der Waals surface area contributed by atoms with Gasteiger partial charge in [0.25, 0.3) is 0 Å². The maximum absolute atomic E-state index is 11.0. The number of rotatable bonds is 3. The van der Waals surface area contributed by atoms with Crippen molar-refractivity contribution in [2.45, 2.75) is 57.0 Å². The number of aliphatic hydroxyl groups is 1. The summed E-state index contributed by atoms with van der Waals surface area (Å²) in [6.45, 7) is 5.30. The van der Waals surface area contributed by atoms with Gasteiger partial charge in [-0.25, -0.2) is 9.97 Å². The Kier molecular flexibility index (Phi) is 4.61. The van der Waals surface area contributed by atoms with Gasteiger partial charge in [-0.05, 0) is 58.5 Å². The third-order valence-corrected chi connectivity index (χ3v) is 6.32. The number of β-amino-alcohol motifs (C(OH)–C–C–N with tert-alkyl or cyclic N) is 1. The number of carboxylic acid groups (broad SMARTS) is 1. The summed E-state index contributed by atoms with van der Waals surface area (Å²) in [4.78, 5) is 24.9. The molecule has 1 atom stereocenters. The van der Waals surface area contributed by atoms with E-state index in [0.717, 1.165) is 69.8 Å². The quantitative estimate of drug-likeness (QED) is 0.834. The van der Waals surface area contributed by atoms with Crippen LogP contribution in [0.5, 0.6) is 0 Å². The standard InChI is InChI=1S/C19H28N4O3/c1-13-20-17-15(18(21-13)23-8-2-3-14(24)11-23)4-5-19(17)6-9-22(10-7-19)12-16(25)26/h14,24H,2-12H2,1H3,(H,25,26). The highest BCUT2D eigenvalue weighted by atomic mass is 16.4. The van der Waals surface area contributed by atoms with Gasteiger partial charge in [0.15, 0.2) is 0 Å². The Bertz CT molecular complexity index is 700. The molecule has 2 N–H and O–H groups in total. The lowest BCUT2D eigenvalue weighted by Gasteiger charge is -2.39. The van der Waals surface area contributed by atoms with Gasteiger partial charge in [-0.15, -0.1) is 0 Å². The zero-order chi connectivity index (χ0) is 18.3. The smallest absolute Gasteiger partial charge is 0.317 e. The minimum absolute atomic E-state index is 0.0706. The van der Waals surface area contributed by atoms with Crippen molar-refractivity contribution >= 4 is 11.8 Å². The summed E-state index contributed by atoms with van der Waals surface area (Å²) in [7, 11) is 0. The molecule has 3 heterocycles. The molecule has 0 aromatic carbocycles. The molecule has 3 aliphatic rings. The predicted molar refractivity (Wildman–Crippen MR) is 97.5 cm³/mol. The van der Waals surface area contributed by atoms with E-state index in [4.69, 9.17) is 15.1 Å². The number of aryl methyl sites for hydroxylation is 1. The molecule has 26 heavy (non-hydrogen) atoms. The summed E-state index contributed by atoms with van der Waals surface area (Å²) in [6.07, 6.45) is 5.57. The summed E-state index contributed by atoms with van der Waals surface area (Å²) < 4.78 is 0. The average molecular weight is 360 g/mol. The Hall–Kier alpha value is -1.73. The summed E-state index contributed by atoms with van der Waals surface area (Å²) in [5.74, 6) is 1.07. The van der Waals surface area contributed by atoms with Gasteiger partial charge in [-0.3, -0.25) is 9.69 Å². The lowest BCUT2D eigenvalue weighted by molar-refractivity contribution is -0.138. The Labute approximate surface area is 154 Å². The largest absolute Gasteiger partial charge is 0.480 e. The van der Waals surface area contributed by atoms with Crippen LogP contribution in [0, 0.1) is 6.92 Å². The highest BCUT2D eigenvalue weighted by molar-refractivity contribution is 5.69. The van der Waals surface area contributed by atoms with Crippen LogP contribution < -0.4 is 4.90 Å². The van der Waals surface area contributed by atoms with Crippen LogP contribution in [0.15, 0.2) is 0 Å². The Morgan fingerprint density at radius 1 is 1.23 bits per heavy atom. The first-order valence-electron chi connectivity index (χ1n) is 9.72. The molecule has 1 aromatic rings. The minimum Gasteiger partial charge on any atom is -0.480 e. The summed E-state index contributed by atoms with van der Waals surface area (Å²) >= 11 is 0. The second-order valence-electron chi connectivity index (χ2n) is 8.11. The van der Waals surface area contributed by atoms with Crippen LogP contribution in [0.1, 0.15) is 49.2 Å². The number of carbonyl (C=O) groups is 1. The van der Waals surface area contributed by atoms with Gasteiger partial charge < -0.3 is 15.1 Å².